The number of rotatable bonds is 5. The molecule has 1 atom stereocenters. The van der Waals surface area contributed by atoms with Crippen LogP contribution in [-0.2, 0) is 6.54 Å². The molecule has 0 bridgehead atoms. The summed E-state index contributed by atoms with van der Waals surface area (Å²) in [5.41, 5.74) is 2.09. The van der Waals surface area contributed by atoms with Crippen LogP contribution < -0.4 is 14.9 Å². The Kier molecular flexibility index (Phi) is 5.68. The van der Waals surface area contributed by atoms with Gasteiger partial charge in [-0.3, -0.25) is 9.69 Å². The lowest BCUT2D eigenvalue weighted by molar-refractivity contribution is 0.175. The first-order valence-corrected chi connectivity index (χ1v) is 10.2. The summed E-state index contributed by atoms with van der Waals surface area (Å²) in [6.45, 7) is 4.76. The van der Waals surface area contributed by atoms with Crippen molar-refractivity contribution < 1.29 is 19.0 Å². The summed E-state index contributed by atoms with van der Waals surface area (Å²) in [7, 11) is 3.13. The monoisotopic (exact) mass is 409 g/mol. The van der Waals surface area contributed by atoms with Crippen molar-refractivity contribution in [3.63, 3.8) is 0 Å². The number of phenolic OH excluding ortho intramolecular Hbond substituents is 1. The fraction of sp³-hybridized carbons (Fsp3) is 0.375. The number of fused-ring (bicyclic) bond motifs is 1. The Morgan fingerprint density at radius 3 is 2.70 bits per heavy atom. The summed E-state index contributed by atoms with van der Waals surface area (Å²) in [5, 5.41) is 10.9. The van der Waals surface area contributed by atoms with Gasteiger partial charge in [0, 0.05) is 13.1 Å². The highest BCUT2D eigenvalue weighted by molar-refractivity contribution is 5.85. The number of hydrogen-bond donors (Lipinski definition) is 1. The molecule has 0 radical (unpaired) electrons. The molecule has 2 heterocycles. The van der Waals surface area contributed by atoms with Gasteiger partial charge < -0.3 is 19.0 Å². The van der Waals surface area contributed by atoms with Crippen LogP contribution in [0.5, 0.6) is 17.2 Å². The molecule has 1 saturated heterocycles. The van der Waals surface area contributed by atoms with Gasteiger partial charge in [-0.1, -0.05) is 13.0 Å². The summed E-state index contributed by atoms with van der Waals surface area (Å²) in [6.07, 6.45) is 3.83. The van der Waals surface area contributed by atoms with Gasteiger partial charge in [0.2, 0.25) is 5.43 Å². The van der Waals surface area contributed by atoms with Gasteiger partial charge in [-0.15, -0.1) is 0 Å². The second-order valence-corrected chi connectivity index (χ2v) is 7.97. The molecule has 6 nitrogen and oxygen atoms in total. The van der Waals surface area contributed by atoms with E-state index in [1.807, 2.05) is 0 Å². The van der Waals surface area contributed by atoms with E-state index in [1.54, 1.807) is 44.6 Å². The number of benzene rings is 2. The molecule has 158 valence electrons. The summed E-state index contributed by atoms with van der Waals surface area (Å²) >= 11 is 0. The zero-order chi connectivity index (χ0) is 21.3. The second-order valence-electron chi connectivity index (χ2n) is 7.97. The van der Waals surface area contributed by atoms with Gasteiger partial charge in [0.1, 0.15) is 17.6 Å². The first-order chi connectivity index (χ1) is 14.5. The molecule has 0 aliphatic carbocycles. The van der Waals surface area contributed by atoms with E-state index in [0.29, 0.717) is 51.6 Å². The van der Waals surface area contributed by atoms with Gasteiger partial charge in [0.15, 0.2) is 11.5 Å². The molecule has 3 aromatic rings. The van der Waals surface area contributed by atoms with E-state index in [9.17, 15) is 9.90 Å². The zero-order valence-electron chi connectivity index (χ0n) is 17.6. The minimum Gasteiger partial charge on any atom is -0.507 e. The Morgan fingerprint density at radius 2 is 1.97 bits per heavy atom. The third-order valence-electron chi connectivity index (χ3n) is 5.84. The molecule has 4 rings (SSSR count). The number of ether oxygens (including phenoxy) is 2. The quantitative estimate of drug-likeness (QED) is 0.673. The SMILES string of the molecule is COc1ccc(-c2coc3c(CN4CCC[C@@H](C)C4)c(O)ccc3c2=O)cc1OC. The number of likely N-dealkylation sites (tertiary alicyclic amines) is 1. The average molecular weight is 409 g/mol. The van der Waals surface area contributed by atoms with Crippen LogP contribution in [0.3, 0.4) is 0 Å². The lowest BCUT2D eigenvalue weighted by atomic mass is 9.99. The number of nitrogens with zero attached hydrogens (tertiary/aromatic N) is 1. The minimum atomic E-state index is -0.142. The minimum absolute atomic E-state index is 0.142. The molecule has 1 aliphatic heterocycles. The number of hydrogen-bond acceptors (Lipinski definition) is 6. The van der Waals surface area contributed by atoms with E-state index in [4.69, 9.17) is 13.9 Å². The van der Waals surface area contributed by atoms with Crippen molar-refractivity contribution in [3.8, 4) is 28.4 Å². The molecular weight excluding hydrogens is 382 g/mol. The molecule has 0 unspecified atom stereocenters. The summed E-state index contributed by atoms with van der Waals surface area (Å²) in [6, 6.07) is 8.53. The van der Waals surface area contributed by atoms with Crippen molar-refractivity contribution in [3.05, 3.63) is 52.4 Å². The van der Waals surface area contributed by atoms with Crippen molar-refractivity contribution in [1.82, 2.24) is 4.90 Å². The van der Waals surface area contributed by atoms with E-state index in [0.717, 1.165) is 19.5 Å². The average Bonchev–Trinajstić information content (AvgIpc) is 2.75. The number of piperidine rings is 1. The van der Waals surface area contributed by atoms with E-state index in [-0.39, 0.29) is 11.2 Å². The zero-order valence-corrected chi connectivity index (χ0v) is 17.6. The van der Waals surface area contributed by atoms with Crippen molar-refractivity contribution in [2.45, 2.75) is 26.3 Å². The van der Waals surface area contributed by atoms with E-state index in [1.165, 1.54) is 12.7 Å². The highest BCUT2D eigenvalue weighted by atomic mass is 16.5. The Bertz CT molecular complexity index is 1120. The van der Waals surface area contributed by atoms with Crippen LogP contribution in [-0.4, -0.2) is 37.3 Å². The third-order valence-corrected chi connectivity index (χ3v) is 5.84. The van der Waals surface area contributed by atoms with Crippen LogP contribution in [0.15, 0.2) is 45.8 Å². The normalized spacial score (nSPS) is 17.2. The second kappa shape index (κ2) is 8.40. The van der Waals surface area contributed by atoms with Crippen LogP contribution >= 0.6 is 0 Å². The van der Waals surface area contributed by atoms with Crippen LogP contribution in [0.25, 0.3) is 22.1 Å². The molecule has 6 heteroatoms. The molecule has 1 fully saturated rings. The number of methoxy groups -OCH3 is 2. The highest BCUT2D eigenvalue weighted by Gasteiger charge is 2.21. The van der Waals surface area contributed by atoms with Crippen LogP contribution in [0, 0.1) is 5.92 Å². The van der Waals surface area contributed by atoms with E-state index in [2.05, 4.69) is 11.8 Å². The lowest BCUT2D eigenvalue weighted by Gasteiger charge is -2.31. The van der Waals surface area contributed by atoms with Gasteiger partial charge in [0.05, 0.1) is 30.7 Å². The Morgan fingerprint density at radius 1 is 1.17 bits per heavy atom. The maximum Gasteiger partial charge on any atom is 0.200 e. The lowest BCUT2D eigenvalue weighted by Crippen LogP contribution is -2.33. The van der Waals surface area contributed by atoms with Gasteiger partial charge >= 0.3 is 0 Å². The highest BCUT2D eigenvalue weighted by Crippen LogP contribution is 2.33. The Balaban J connectivity index is 1.77. The van der Waals surface area contributed by atoms with Gasteiger partial charge in [-0.25, -0.2) is 0 Å². The molecule has 30 heavy (non-hydrogen) atoms. The first-order valence-electron chi connectivity index (χ1n) is 10.2. The Hall–Kier alpha value is -2.99. The predicted octanol–water partition coefficient (Wildman–Crippen LogP) is 4.41. The van der Waals surface area contributed by atoms with Crippen molar-refractivity contribution >= 4 is 11.0 Å². The van der Waals surface area contributed by atoms with Crippen LogP contribution in [0.1, 0.15) is 25.3 Å². The topological polar surface area (TPSA) is 72.1 Å². The Labute approximate surface area is 175 Å². The first kappa shape index (κ1) is 20.3. The van der Waals surface area contributed by atoms with Crippen LogP contribution in [0.4, 0.5) is 0 Å². The molecule has 0 spiro atoms. The smallest absolute Gasteiger partial charge is 0.200 e. The van der Waals surface area contributed by atoms with E-state index >= 15 is 0 Å². The number of aromatic hydroxyl groups is 1. The predicted molar refractivity (Wildman–Crippen MR) is 116 cm³/mol. The third kappa shape index (κ3) is 3.75. The molecular formula is C24H27NO5. The fourth-order valence-electron chi connectivity index (χ4n) is 4.26. The maximum atomic E-state index is 13.3. The molecule has 0 amide bonds. The van der Waals surface area contributed by atoms with Crippen molar-refractivity contribution in [2.24, 2.45) is 5.92 Å². The van der Waals surface area contributed by atoms with Gasteiger partial charge in [0.25, 0.3) is 0 Å². The standard InChI is InChI=1S/C24H27NO5/c1-15-5-4-10-25(12-15)13-18-20(26)8-7-17-23(27)19(14-30-24(17)18)16-6-9-21(28-2)22(11-16)29-3/h6-9,11,14-15,26H,4-5,10,12-13H2,1-3H3/t15-/m1/s1. The molecule has 1 aliphatic rings. The molecule has 1 N–H and O–H groups in total. The largest absolute Gasteiger partial charge is 0.507 e. The maximum absolute atomic E-state index is 13.3. The van der Waals surface area contributed by atoms with Crippen molar-refractivity contribution in [1.29, 1.82) is 0 Å². The summed E-state index contributed by atoms with van der Waals surface area (Å²) < 4.78 is 16.6. The molecule has 0 saturated carbocycles. The van der Waals surface area contributed by atoms with Crippen molar-refractivity contribution in [2.75, 3.05) is 27.3 Å². The summed E-state index contributed by atoms with van der Waals surface area (Å²) in [5.74, 6) is 1.91. The number of phenols is 1. The van der Waals surface area contributed by atoms with Gasteiger partial charge in [-0.05, 0) is 55.1 Å². The molecule has 1 aromatic heterocycles. The fourth-order valence-corrected chi connectivity index (χ4v) is 4.26. The van der Waals surface area contributed by atoms with Gasteiger partial charge in [-0.2, -0.15) is 0 Å². The molecule has 2 aromatic carbocycles. The van der Waals surface area contributed by atoms with Crippen LogP contribution in [0.2, 0.25) is 0 Å². The summed E-state index contributed by atoms with van der Waals surface area (Å²) in [4.78, 5) is 15.6. The van der Waals surface area contributed by atoms with E-state index < -0.39 is 0 Å².